The van der Waals surface area contributed by atoms with Crippen molar-refractivity contribution in [3.63, 3.8) is 0 Å². The number of fused-ring (bicyclic) bond motifs is 1. The average Bonchev–Trinajstić information content (AvgIpc) is 2.99. The Hall–Kier alpha value is -1.24. The van der Waals surface area contributed by atoms with Crippen LogP contribution in [0.5, 0.6) is 0 Å². The highest BCUT2D eigenvalue weighted by Gasteiger charge is 1.90. The molecule has 1 aromatic carbocycles. The van der Waals surface area contributed by atoms with Gasteiger partial charge in [-0.25, -0.2) is 0 Å². The molecule has 0 spiro atoms. The van der Waals surface area contributed by atoms with E-state index in [0.717, 1.165) is 0 Å². The fourth-order valence-electron chi connectivity index (χ4n) is 2.56. The van der Waals surface area contributed by atoms with Gasteiger partial charge in [-0.3, -0.25) is 0 Å². The summed E-state index contributed by atoms with van der Waals surface area (Å²) < 4.78 is 0. The highest BCUT2D eigenvalue weighted by molar-refractivity contribution is 5.78. The number of nitrogens with one attached hydrogen (secondary N) is 1. The van der Waals surface area contributed by atoms with Crippen molar-refractivity contribution in [1.82, 2.24) is 4.98 Å². The van der Waals surface area contributed by atoms with Crippen LogP contribution in [0.2, 0.25) is 0 Å². The maximum Gasteiger partial charge on any atom is 0.0453 e. The van der Waals surface area contributed by atoms with E-state index < -0.39 is 0 Å². The van der Waals surface area contributed by atoms with Gasteiger partial charge in [-0.05, 0) is 17.5 Å². The number of para-hydroxylation sites is 1. The van der Waals surface area contributed by atoms with E-state index in [2.05, 4.69) is 37.0 Å². The van der Waals surface area contributed by atoms with Crippen LogP contribution in [0.15, 0.2) is 36.5 Å². The monoisotopic (exact) mass is 287 g/mol. The molecule has 0 saturated heterocycles. The summed E-state index contributed by atoms with van der Waals surface area (Å²) in [6.45, 7) is 4.56. The van der Waals surface area contributed by atoms with Gasteiger partial charge >= 0.3 is 0 Å². The van der Waals surface area contributed by atoms with Crippen LogP contribution in [-0.4, -0.2) is 4.98 Å². The molecule has 118 valence electrons. The van der Waals surface area contributed by atoms with Gasteiger partial charge < -0.3 is 4.98 Å². The van der Waals surface area contributed by atoms with E-state index in [1.807, 2.05) is 18.3 Å². The quantitative estimate of drug-likeness (QED) is 0.473. The fraction of sp³-hybridized carbons (Fsp3) is 0.600. The van der Waals surface area contributed by atoms with Gasteiger partial charge in [0.15, 0.2) is 0 Å². The Morgan fingerprint density at radius 1 is 0.667 bits per heavy atom. The smallest absolute Gasteiger partial charge is 0.0453 e. The number of rotatable bonds is 9. The van der Waals surface area contributed by atoms with Crippen LogP contribution in [0.3, 0.4) is 0 Å². The molecule has 0 radical (unpaired) electrons. The molecule has 1 nitrogen and oxygen atoms in total. The second kappa shape index (κ2) is 12.5. The standard InChI is InChI=1S/C12H26.C8H7N/c1-3-5-7-9-11-12-10-8-6-4-2;1-2-4-8-7(3-1)5-6-9-8/h3-12H2,1-2H3;1-6,9H. The zero-order chi connectivity index (χ0) is 15.2. The Balaban J connectivity index is 0.000000216. The lowest BCUT2D eigenvalue weighted by atomic mass is 10.1. The van der Waals surface area contributed by atoms with Crippen LogP contribution in [0.1, 0.15) is 78.1 Å². The second-order valence-corrected chi connectivity index (χ2v) is 5.89. The van der Waals surface area contributed by atoms with Gasteiger partial charge in [-0.2, -0.15) is 0 Å². The van der Waals surface area contributed by atoms with Crippen molar-refractivity contribution in [3.05, 3.63) is 36.5 Å². The SMILES string of the molecule is CCCCCCCCCCCC.c1ccc2[nH]ccc2c1. The van der Waals surface area contributed by atoms with E-state index in [1.165, 1.54) is 75.1 Å². The molecule has 1 aromatic heterocycles. The third kappa shape index (κ3) is 8.60. The highest BCUT2D eigenvalue weighted by atomic mass is 14.7. The van der Waals surface area contributed by atoms with Crippen LogP contribution < -0.4 is 0 Å². The summed E-state index contributed by atoms with van der Waals surface area (Å²) in [5, 5.41) is 1.28. The van der Waals surface area contributed by atoms with Crippen molar-refractivity contribution in [2.24, 2.45) is 0 Å². The van der Waals surface area contributed by atoms with Gasteiger partial charge in [0.2, 0.25) is 0 Å². The molecule has 1 N–H and O–H groups in total. The molecule has 0 fully saturated rings. The third-order valence-corrected chi connectivity index (χ3v) is 3.92. The van der Waals surface area contributed by atoms with Crippen molar-refractivity contribution in [2.75, 3.05) is 0 Å². The minimum atomic E-state index is 1.21. The van der Waals surface area contributed by atoms with Crippen molar-refractivity contribution in [2.45, 2.75) is 78.1 Å². The van der Waals surface area contributed by atoms with Gasteiger partial charge in [0.05, 0.1) is 0 Å². The number of benzene rings is 1. The normalized spacial score (nSPS) is 10.4. The number of aromatic nitrogens is 1. The van der Waals surface area contributed by atoms with Gasteiger partial charge in [-0.15, -0.1) is 0 Å². The Morgan fingerprint density at radius 3 is 1.71 bits per heavy atom. The summed E-state index contributed by atoms with van der Waals surface area (Å²) in [7, 11) is 0. The largest absolute Gasteiger partial charge is 0.361 e. The first kappa shape index (κ1) is 17.8. The van der Waals surface area contributed by atoms with E-state index in [-0.39, 0.29) is 0 Å². The lowest BCUT2D eigenvalue weighted by Gasteiger charge is -1.99. The summed E-state index contributed by atoms with van der Waals surface area (Å²) in [6.07, 6.45) is 16.4. The summed E-state index contributed by atoms with van der Waals surface area (Å²) >= 11 is 0. The van der Waals surface area contributed by atoms with Crippen molar-refractivity contribution >= 4 is 10.9 Å². The number of hydrogen-bond donors (Lipinski definition) is 1. The topological polar surface area (TPSA) is 15.8 Å². The molecular weight excluding hydrogens is 254 g/mol. The molecule has 21 heavy (non-hydrogen) atoms. The number of H-pyrrole nitrogens is 1. The van der Waals surface area contributed by atoms with Crippen LogP contribution in [0.4, 0.5) is 0 Å². The van der Waals surface area contributed by atoms with Gasteiger partial charge in [-0.1, -0.05) is 96.3 Å². The molecule has 2 aromatic rings. The summed E-state index contributed by atoms with van der Waals surface area (Å²) in [5.74, 6) is 0. The van der Waals surface area contributed by atoms with Crippen LogP contribution >= 0.6 is 0 Å². The van der Waals surface area contributed by atoms with Crippen molar-refractivity contribution in [3.8, 4) is 0 Å². The minimum Gasteiger partial charge on any atom is -0.361 e. The molecule has 0 aliphatic carbocycles. The van der Waals surface area contributed by atoms with Crippen molar-refractivity contribution < 1.29 is 0 Å². The van der Waals surface area contributed by atoms with Gasteiger partial charge in [0, 0.05) is 11.7 Å². The summed E-state index contributed by atoms with van der Waals surface area (Å²) in [4.78, 5) is 3.12. The molecule has 0 unspecified atom stereocenters. The molecule has 0 amide bonds. The lowest BCUT2D eigenvalue weighted by molar-refractivity contribution is 0.562. The second-order valence-electron chi connectivity index (χ2n) is 5.89. The maximum atomic E-state index is 3.12. The first-order chi connectivity index (χ1) is 10.4. The molecule has 0 aliphatic rings. The first-order valence-electron chi connectivity index (χ1n) is 8.90. The Morgan fingerprint density at radius 2 is 1.19 bits per heavy atom. The van der Waals surface area contributed by atoms with E-state index in [4.69, 9.17) is 0 Å². The summed E-state index contributed by atoms with van der Waals surface area (Å²) in [5.41, 5.74) is 1.21. The summed E-state index contributed by atoms with van der Waals surface area (Å²) in [6, 6.07) is 10.3. The van der Waals surface area contributed by atoms with Crippen molar-refractivity contribution in [1.29, 1.82) is 0 Å². The Kier molecular flexibility index (Phi) is 10.6. The number of hydrogen-bond acceptors (Lipinski definition) is 0. The number of unbranched alkanes of at least 4 members (excludes halogenated alkanes) is 9. The van der Waals surface area contributed by atoms with E-state index >= 15 is 0 Å². The Labute approximate surface area is 131 Å². The van der Waals surface area contributed by atoms with Crippen LogP contribution in [0, 0.1) is 0 Å². The average molecular weight is 287 g/mol. The minimum absolute atomic E-state index is 1.21. The number of aromatic amines is 1. The molecule has 0 aliphatic heterocycles. The van der Waals surface area contributed by atoms with E-state index in [0.29, 0.717) is 0 Å². The Bertz CT molecular complexity index is 404. The first-order valence-corrected chi connectivity index (χ1v) is 8.90. The van der Waals surface area contributed by atoms with Crippen LogP contribution in [-0.2, 0) is 0 Å². The molecule has 0 saturated carbocycles. The lowest BCUT2D eigenvalue weighted by Crippen LogP contribution is -1.80. The predicted molar refractivity (Wildman–Crippen MR) is 95.8 cm³/mol. The van der Waals surface area contributed by atoms with Gasteiger partial charge in [0.1, 0.15) is 0 Å². The van der Waals surface area contributed by atoms with Gasteiger partial charge in [0.25, 0.3) is 0 Å². The van der Waals surface area contributed by atoms with E-state index in [1.54, 1.807) is 0 Å². The molecule has 0 atom stereocenters. The zero-order valence-corrected chi connectivity index (χ0v) is 14.0. The van der Waals surface area contributed by atoms with Crippen LogP contribution in [0.25, 0.3) is 10.9 Å². The zero-order valence-electron chi connectivity index (χ0n) is 14.0. The van der Waals surface area contributed by atoms with E-state index in [9.17, 15) is 0 Å². The fourth-order valence-corrected chi connectivity index (χ4v) is 2.56. The molecule has 0 bridgehead atoms. The predicted octanol–water partition coefficient (Wildman–Crippen LogP) is 7.10. The third-order valence-electron chi connectivity index (χ3n) is 3.92. The molecule has 1 heteroatoms. The highest BCUT2D eigenvalue weighted by Crippen LogP contribution is 2.10. The maximum absolute atomic E-state index is 3.12. The molecule has 2 rings (SSSR count). The molecule has 1 heterocycles. The molecular formula is C20H33N.